The van der Waals surface area contributed by atoms with Crippen molar-refractivity contribution in [2.24, 2.45) is 10.3 Å². The minimum absolute atomic E-state index is 0.261. The average Bonchev–Trinajstić information content (AvgIpc) is 3.25. The summed E-state index contributed by atoms with van der Waals surface area (Å²) < 4.78 is 14.0. The van der Waals surface area contributed by atoms with Crippen LogP contribution in [0.25, 0.3) is 0 Å². The highest BCUT2D eigenvalue weighted by atomic mass is 79.9. The Balaban J connectivity index is 1.14. The van der Waals surface area contributed by atoms with E-state index in [1.807, 2.05) is 84.9 Å². The number of halogens is 4. The summed E-state index contributed by atoms with van der Waals surface area (Å²) in [5, 5.41) is 14.6. The van der Waals surface area contributed by atoms with E-state index < -0.39 is 0 Å². The number of ether oxygens (including phenoxy) is 2. The molecule has 0 saturated heterocycles. The maximum Gasteiger partial charge on any atom is 0.269 e. The molecule has 334 valence electrons. The molecule has 62 heavy (non-hydrogen) atoms. The number of nitrogens with one attached hydrogen (secondary N) is 2. The number of hydrogen-bond acceptors (Lipinski definition) is 10. The lowest BCUT2D eigenvalue weighted by Crippen LogP contribution is -2.35. The number of carbonyl (C=O) groups is 2. The molecular weight excluding hydrogens is 1050 g/mol. The molecular formula is C46H56Br4N6O6. The Morgan fingerprint density at radius 2 is 0.871 bits per heavy atom. The Bertz CT molecular complexity index is 1880. The van der Waals surface area contributed by atoms with Crippen LogP contribution in [0.2, 0.25) is 0 Å². The summed E-state index contributed by atoms with van der Waals surface area (Å²) in [6.45, 7) is 5.16. The Morgan fingerprint density at radius 3 is 1.21 bits per heavy atom. The van der Waals surface area contributed by atoms with Gasteiger partial charge in [-0.15, -0.1) is 0 Å². The zero-order valence-electron chi connectivity index (χ0n) is 35.7. The number of carbonyl (C=O) groups excluding carboxylic acids is 2. The van der Waals surface area contributed by atoms with Gasteiger partial charge in [-0.3, -0.25) is 9.59 Å². The molecule has 0 bridgehead atoms. The predicted octanol–water partition coefficient (Wildman–Crippen LogP) is 9.34. The lowest BCUT2D eigenvalue weighted by atomic mass is 10.1. The fraction of sp³-hybridized carbons (Fsp3) is 0.391. The van der Waals surface area contributed by atoms with Gasteiger partial charge in [0.15, 0.2) is 0 Å². The molecule has 0 aliphatic carbocycles. The molecule has 0 fully saturated rings. The van der Waals surface area contributed by atoms with Crippen molar-refractivity contribution >= 4 is 87.0 Å². The molecule has 0 spiro atoms. The number of oxime groups is 2. The topological polar surface area (TPSA) is 126 Å². The average molecular weight is 1110 g/mol. The van der Waals surface area contributed by atoms with Gasteiger partial charge in [0.25, 0.3) is 11.8 Å². The second-order valence-corrected chi connectivity index (χ2v) is 18.1. The Kier molecular flexibility index (Phi) is 23.0. The minimum Gasteiger partial charge on any atom is -0.494 e. The van der Waals surface area contributed by atoms with E-state index in [1.165, 1.54) is 0 Å². The van der Waals surface area contributed by atoms with Crippen molar-refractivity contribution in [3.63, 3.8) is 0 Å². The Labute approximate surface area is 399 Å². The fourth-order valence-electron chi connectivity index (χ4n) is 6.32. The molecule has 0 aliphatic rings. The molecule has 16 heteroatoms. The number of benzene rings is 4. The third-order valence-electron chi connectivity index (χ3n) is 9.62. The van der Waals surface area contributed by atoms with Crippen LogP contribution in [0.4, 0.5) is 0 Å². The summed E-state index contributed by atoms with van der Waals surface area (Å²) in [6.07, 6.45) is 4.26. The number of nitrogens with zero attached hydrogens (tertiary/aromatic N) is 4. The van der Waals surface area contributed by atoms with E-state index in [0.717, 1.165) is 92.0 Å². The molecule has 12 nitrogen and oxygen atoms in total. The maximum absolute atomic E-state index is 13.3. The molecule has 0 aromatic heterocycles. The van der Waals surface area contributed by atoms with Crippen LogP contribution in [0.3, 0.4) is 0 Å². The Hall–Kier alpha value is -3.80. The summed E-state index contributed by atoms with van der Waals surface area (Å²) in [5.41, 5.74) is 4.27. The molecule has 2 amide bonds. The van der Waals surface area contributed by atoms with E-state index in [-0.39, 0.29) is 37.9 Å². The van der Waals surface area contributed by atoms with Crippen molar-refractivity contribution in [1.82, 2.24) is 20.4 Å². The van der Waals surface area contributed by atoms with E-state index >= 15 is 0 Å². The van der Waals surface area contributed by atoms with Gasteiger partial charge in [0, 0.05) is 25.9 Å². The molecule has 0 atom stereocenters. The zero-order chi connectivity index (χ0) is 44.7. The lowest BCUT2D eigenvalue weighted by Gasteiger charge is -2.19. The quantitative estimate of drug-likeness (QED) is 0.0344. The fourth-order valence-corrected chi connectivity index (χ4v) is 9.53. The summed E-state index contributed by atoms with van der Waals surface area (Å²) in [6, 6.07) is 27.1. The van der Waals surface area contributed by atoms with Crippen LogP contribution in [0, 0.1) is 0 Å². The summed E-state index contributed by atoms with van der Waals surface area (Å²) >= 11 is 14.2. The van der Waals surface area contributed by atoms with Gasteiger partial charge >= 0.3 is 0 Å². The highest BCUT2D eigenvalue weighted by molar-refractivity contribution is 9.11. The number of unbranched alkanes of at least 4 members (excludes halogenated alkanes) is 1. The van der Waals surface area contributed by atoms with Crippen LogP contribution in [0.15, 0.2) is 113 Å². The van der Waals surface area contributed by atoms with E-state index in [1.54, 1.807) is 14.2 Å². The van der Waals surface area contributed by atoms with Crippen LogP contribution in [0.1, 0.15) is 47.9 Å². The van der Waals surface area contributed by atoms with Gasteiger partial charge in [-0.05, 0) is 176 Å². The minimum atomic E-state index is -0.261. The normalized spacial score (nSPS) is 11.8. The van der Waals surface area contributed by atoms with E-state index in [0.29, 0.717) is 36.0 Å². The molecule has 2 N–H and O–H groups in total. The molecule has 0 unspecified atom stereocenters. The first-order chi connectivity index (χ1) is 30.0. The van der Waals surface area contributed by atoms with Gasteiger partial charge in [-0.25, -0.2) is 0 Å². The SMILES string of the molecule is COc1c(Br)cc(C/C(=N\OCc2ccccc2)C(=O)NCCCN(C)CCCCN(C)CCCNC(=O)/C(Cc2cc(Br)c(OC)c(Br)c2)=N/OCc2ccccc2)cc1Br. The molecule has 4 aromatic carbocycles. The predicted molar refractivity (Wildman–Crippen MR) is 261 cm³/mol. The first-order valence-corrected chi connectivity index (χ1v) is 23.6. The van der Waals surface area contributed by atoms with E-state index in [2.05, 4.69) is 109 Å². The summed E-state index contributed by atoms with van der Waals surface area (Å²) in [5.74, 6) is 0.836. The van der Waals surface area contributed by atoms with Gasteiger partial charge in [-0.1, -0.05) is 71.0 Å². The lowest BCUT2D eigenvalue weighted by molar-refractivity contribution is -0.115. The van der Waals surface area contributed by atoms with Crippen molar-refractivity contribution in [2.45, 2.75) is 51.7 Å². The monoisotopic (exact) mass is 1100 g/mol. The second-order valence-electron chi connectivity index (χ2n) is 14.7. The van der Waals surface area contributed by atoms with Gasteiger partial charge in [0.2, 0.25) is 0 Å². The van der Waals surface area contributed by atoms with E-state index in [4.69, 9.17) is 19.1 Å². The number of methoxy groups -OCH3 is 2. The highest BCUT2D eigenvalue weighted by Gasteiger charge is 2.18. The van der Waals surface area contributed by atoms with Crippen LogP contribution >= 0.6 is 63.7 Å². The number of amides is 2. The maximum atomic E-state index is 13.3. The standard InChI is InChI=1S/C46H56Br4N6O6/c1-55(23-13-19-51-45(57)41(53-61-31-33-15-7-5-8-16-33)29-35-25-37(47)43(59-3)38(48)26-35)21-11-12-22-56(2)24-14-20-52-46(58)42(54-62-32-34-17-9-6-10-18-34)30-36-27-39(49)44(60-4)40(50)28-36/h5-10,15-18,25-28H,11-14,19-24,29-32H2,1-4H3,(H,51,57)(H,52,58)/b53-41+,54-42+. The smallest absolute Gasteiger partial charge is 0.269 e. The molecule has 0 aliphatic heterocycles. The van der Waals surface area contributed by atoms with Crippen LogP contribution in [-0.2, 0) is 45.3 Å². The van der Waals surface area contributed by atoms with Crippen molar-refractivity contribution in [3.05, 3.63) is 125 Å². The summed E-state index contributed by atoms with van der Waals surface area (Å²) in [4.78, 5) is 42.5. The molecule has 0 saturated carbocycles. The first kappa shape index (κ1) is 50.8. The zero-order valence-corrected chi connectivity index (χ0v) is 42.1. The molecule has 4 rings (SSSR count). The van der Waals surface area contributed by atoms with Crippen molar-refractivity contribution < 1.29 is 28.7 Å². The summed E-state index contributed by atoms with van der Waals surface area (Å²) in [7, 11) is 7.42. The number of rotatable bonds is 27. The second kappa shape index (κ2) is 28.1. The molecule has 0 heterocycles. The van der Waals surface area contributed by atoms with Crippen molar-refractivity contribution in [1.29, 1.82) is 0 Å². The Morgan fingerprint density at radius 1 is 0.532 bits per heavy atom. The van der Waals surface area contributed by atoms with Crippen molar-refractivity contribution in [2.75, 3.05) is 67.6 Å². The third kappa shape index (κ3) is 18.1. The number of hydrogen-bond donors (Lipinski definition) is 2. The van der Waals surface area contributed by atoms with E-state index in [9.17, 15) is 9.59 Å². The van der Waals surface area contributed by atoms with Gasteiger partial charge in [0.1, 0.15) is 36.1 Å². The van der Waals surface area contributed by atoms with Gasteiger partial charge in [-0.2, -0.15) is 0 Å². The van der Waals surface area contributed by atoms with Gasteiger partial charge < -0.3 is 39.6 Å². The van der Waals surface area contributed by atoms with Crippen LogP contribution in [0.5, 0.6) is 11.5 Å². The van der Waals surface area contributed by atoms with Gasteiger partial charge in [0.05, 0.1) is 32.1 Å². The first-order valence-electron chi connectivity index (χ1n) is 20.4. The largest absolute Gasteiger partial charge is 0.494 e. The highest BCUT2D eigenvalue weighted by Crippen LogP contribution is 2.35. The van der Waals surface area contributed by atoms with Crippen molar-refractivity contribution in [3.8, 4) is 11.5 Å². The molecule has 0 radical (unpaired) electrons. The van der Waals surface area contributed by atoms with Crippen LogP contribution < -0.4 is 20.1 Å². The van der Waals surface area contributed by atoms with Crippen LogP contribution in [-0.4, -0.2) is 101 Å². The third-order valence-corrected chi connectivity index (χ3v) is 12.0. The molecule has 4 aromatic rings.